The molecule has 0 spiro atoms. The third kappa shape index (κ3) is 5.39. The average molecular weight is 639 g/mol. The molecule has 0 aliphatic carbocycles. The molecule has 0 atom stereocenters. The van der Waals surface area contributed by atoms with Crippen molar-refractivity contribution in [3.63, 3.8) is 0 Å². The van der Waals surface area contributed by atoms with E-state index in [0.29, 0.717) is 5.82 Å². The van der Waals surface area contributed by atoms with E-state index in [4.69, 9.17) is 9.97 Å². The summed E-state index contributed by atoms with van der Waals surface area (Å²) in [6.45, 7) is 0. The van der Waals surface area contributed by atoms with Crippen LogP contribution in [0.25, 0.3) is 89.1 Å². The minimum absolute atomic E-state index is 0.567. The van der Waals surface area contributed by atoms with E-state index in [1.165, 1.54) is 43.8 Å². The van der Waals surface area contributed by atoms with Crippen molar-refractivity contribution in [3.8, 4) is 67.5 Å². The largest absolute Gasteiger partial charge is 0.255 e. The van der Waals surface area contributed by atoms with E-state index in [2.05, 4.69) is 137 Å². The second-order valence-corrected chi connectivity index (χ2v) is 12.3. The van der Waals surface area contributed by atoms with Crippen LogP contribution in [0.4, 0.5) is 0 Å². The lowest BCUT2D eigenvalue weighted by Crippen LogP contribution is -1.98. The van der Waals surface area contributed by atoms with Crippen LogP contribution in [0.5, 0.6) is 0 Å². The predicted molar refractivity (Wildman–Crippen MR) is 205 cm³/mol. The van der Waals surface area contributed by atoms with Crippen LogP contribution in [-0.4, -0.2) is 19.9 Å². The van der Waals surface area contributed by atoms with Gasteiger partial charge >= 0.3 is 0 Å². The van der Waals surface area contributed by atoms with Gasteiger partial charge in [-0.2, -0.15) is 0 Å². The molecule has 0 aliphatic heterocycles. The van der Waals surface area contributed by atoms with Crippen molar-refractivity contribution in [2.45, 2.75) is 0 Å². The molecule has 0 bridgehead atoms. The summed E-state index contributed by atoms with van der Waals surface area (Å²) in [5, 5.41) is 4.96. The highest BCUT2D eigenvalue weighted by Crippen LogP contribution is 2.44. The number of hydrogen-bond acceptors (Lipinski definition) is 4. The summed E-state index contributed by atoms with van der Waals surface area (Å²) in [7, 11) is 0. The van der Waals surface area contributed by atoms with Gasteiger partial charge in [-0.05, 0) is 91.3 Å². The van der Waals surface area contributed by atoms with Gasteiger partial charge in [0.15, 0.2) is 5.82 Å². The monoisotopic (exact) mass is 638 g/mol. The molecule has 6 aromatic carbocycles. The zero-order valence-electron chi connectivity index (χ0n) is 27.1. The summed E-state index contributed by atoms with van der Waals surface area (Å²) in [6.07, 6.45) is 3.55. The fourth-order valence-electron chi connectivity index (χ4n) is 6.87. The summed E-state index contributed by atoms with van der Waals surface area (Å²) in [5.74, 6) is 0.567. The van der Waals surface area contributed by atoms with Crippen molar-refractivity contribution < 1.29 is 0 Å². The lowest BCUT2D eigenvalue weighted by atomic mass is 9.85. The third-order valence-corrected chi connectivity index (χ3v) is 9.21. The summed E-state index contributed by atoms with van der Waals surface area (Å²) < 4.78 is 0. The third-order valence-electron chi connectivity index (χ3n) is 9.21. The quantitative estimate of drug-likeness (QED) is 0.170. The number of hydrogen-bond donors (Lipinski definition) is 0. The molecule has 234 valence electrons. The Labute approximate surface area is 290 Å². The molecule has 0 saturated heterocycles. The van der Waals surface area contributed by atoms with E-state index in [0.717, 1.165) is 39.5 Å². The van der Waals surface area contributed by atoms with Crippen molar-refractivity contribution in [2.24, 2.45) is 0 Å². The van der Waals surface area contributed by atoms with Crippen molar-refractivity contribution in [2.75, 3.05) is 0 Å². The normalized spacial score (nSPS) is 11.2. The molecule has 0 N–H and O–H groups in total. The Balaban J connectivity index is 1.19. The van der Waals surface area contributed by atoms with Crippen LogP contribution < -0.4 is 0 Å². The first-order valence-corrected chi connectivity index (χ1v) is 16.7. The summed E-state index contributed by atoms with van der Waals surface area (Å²) >= 11 is 0. The van der Waals surface area contributed by atoms with E-state index < -0.39 is 0 Å². The first-order chi connectivity index (χ1) is 24.8. The molecule has 9 aromatic rings. The molecule has 0 saturated carbocycles. The summed E-state index contributed by atoms with van der Waals surface area (Å²) in [5.41, 5.74) is 11.3. The van der Waals surface area contributed by atoms with Crippen LogP contribution in [0.1, 0.15) is 0 Å². The molecular weight excluding hydrogens is 609 g/mol. The Morgan fingerprint density at radius 3 is 1.40 bits per heavy atom. The number of pyridine rings is 2. The summed E-state index contributed by atoms with van der Waals surface area (Å²) in [6, 6.07) is 59.4. The van der Waals surface area contributed by atoms with Gasteiger partial charge in [-0.25, -0.2) is 9.97 Å². The van der Waals surface area contributed by atoms with Gasteiger partial charge in [0.05, 0.1) is 17.1 Å². The minimum Gasteiger partial charge on any atom is -0.255 e. The maximum Gasteiger partial charge on any atom is 0.179 e. The first-order valence-electron chi connectivity index (χ1n) is 16.7. The van der Waals surface area contributed by atoms with E-state index in [9.17, 15) is 0 Å². The SMILES string of the molecule is c1ccc(-c2c3ccccc3c(-c3ccccc3)c3cc(-c4ccc(-c5cc(-c6ccccn6)nc(-c6ccccn6)n5)cc4)ccc23)cc1. The zero-order chi connectivity index (χ0) is 33.3. The van der Waals surface area contributed by atoms with Gasteiger partial charge in [-0.3, -0.25) is 9.97 Å². The molecule has 9 rings (SSSR count). The zero-order valence-corrected chi connectivity index (χ0v) is 27.1. The van der Waals surface area contributed by atoms with E-state index in [1.807, 2.05) is 42.5 Å². The number of fused-ring (bicyclic) bond motifs is 2. The highest BCUT2D eigenvalue weighted by atomic mass is 14.9. The van der Waals surface area contributed by atoms with Gasteiger partial charge in [-0.15, -0.1) is 0 Å². The maximum atomic E-state index is 4.95. The van der Waals surface area contributed by atoms with Gasteiger partial charge in [0, 0.05) is 18.0 Å². The van der Waals surface area contributed by atoms with Crippen LogP contribution in [-0.2, 0) is 0 Å². The molecule has 0 unspecified atom stereocenters. The predicted octanol–water partition coefficient (Wildman–Crippen LogP) is 11.6. The Morgan fingerprint density at radius 1 is 0.280 bits per heavy atom. The lowest BCUT2D eigenvalue weighted by Gasteiger charge is -2.18. The van der Waals surface area contributed by atoms with Crippen molar-refractivity contribution in [3.05, 3.63) is 182 Å². The van der Waals surface area contributed by atoms with Crippen LogP contribution in [0.2, 0.25) is 0 Å². The Kier molecular flexibility index (Phi) is 7.45. The molecule has 0 amide bonds. The molecule has 3 aromatic heterocycles. The molecule has 0 fully saturated rings. The van der Waals surface area contributed by atoms with Gasteiger partial charge < -0.3 is 0 Å². The van der Waals surface area contributed by atoms with E-state index in [-0.39, 0.29) is 0 Å². The number of benzene rings is 6. The molecule has 0 aliphatic rings. The highest BCUT2D eigenvalue weighted by molar-refractivity contribution is 6.21. The first kappa shape index (κ1) is 29.4. The second-order valence-electron chi connectivity index (χ2n) is 12.3. The Hall–Kier alpha value is -6.78. The fourth-order valence-corrected chi connectivity index (χ4v) is 6.87. The van der Waals surface area contributed by atoms with Crippen LogP contribution in [0, 0.1) is 0 Å². The molecule has 4 nitrogen and oxygen atoms in total. The van der Waals surface area contributed by atoms with E-state index in [1.54, 1.807) is 12.4 Å². The number of nitrogens with zero attached hydrogens (tertiary/aromatic N) is 4. The van der Waals surface area contributed by atoms with Crippen molar-refractivity contribution in [1.29, 1.82) is 0 Å². The highest BCUT2D eigenvalue weighted by Gasteiger charge is 2.18. The molecule has 50 heavy (non-hydrogen) atoms. The standard InChI is InChI=1S/C46H30N4/c1-3-13-33(14-4-1)44-36-17-7-8-18-37(36)45(34-15-5-2-6-16-34)39-29-35(25-26-38(39)44)31-21-23-32(24-22-31)42-30-43(40-19-9-11-27-47-40)50-46(49-42)41-20-10-12-28-48-41/h1-30H. The maximum absolute atomic E-state index is 4.95. The van der Waals surface area contributed by atoms with Gasteiger partial charge in [0.2, 0.25) is 0 Å². The van der Waals surface area contributed by atoms with Crippen molar-refractivity contribution >= 4 is 21.5 Å². The van der Waals surface area contributed by atoms with Gasteiger partial charge in [0.25, 0.3) is 0 Å². The average Bonchev–Trinajstić information content (AvgIpc) is 3.21. The van der Waals surface area contributed by atoms with Crippen molar-refractivity contribution in [1.82, 2.24) is 19.9 Å². The van der Waals surface area contributed by atoms with Crippen LogP contribution >= 0.6 is 0 Å². The minimum atomic E-state index is 0.567. The topological polar surface area (TPSA) is 51.6 Å². The Bertz CT molecular complexity index is 2550. The molecule has 4 heteroatoms. The van der Waals surface area contributed by atoms with Crippen LogP contribution in [0.3, 0.4) is 0 Å². The number of rotatable bonds is 6. The van der Waals surface area contributed by atoms with Gasteiger partial charge in [-0.1, -0.05) is 133 Å². The fraction of sp³-hybridized carbons (Fsp3) is 0. The summed E-state index contributed by atoms with van der Waals surface area (Å²) in [4.78, 5) is 18.9. The second kappa shape index (κ2) is 12.7. The Morgan fingerprint density at radius 2 is 0.780 bits per heavy atom. The smallest absolute Gasteiger partial charge is 0.179 e. The van der Waals surface area contributed by atoms with Crippen LogP contribution in [0.15, 0.2) is 182 Å². The molecule has 0 radical (unpaired) electrons. The van der Waals surface area contributed by atoms with Gasteiger partial charge in [0.1, 0.15) is 5.69 Å². The van der Waals surface area contributed by atoms with E-state index >= 15 is 0 Å². The number of aromatic nitrogens is 4. The molecular formula is C46H30N4. The molecule has 3 heterocycles. The lowest BCUT2D eigenvalue weighted by molar-refractivity contribution is 1.13.